The number of nitrogens with zero attached hydrogens (tertiary/aromatic N) is 3. The van der Waals surface area contributed by atoms with Gasteiger partial charge in [-0.25, -0.2) is 0 Å². The van der Waals surface area contributed by atoms with Crippen LogP contribution < -0.4 is 0 Å². The number of non-ortho nitro benzene ring substituents is 1. The molecule has 5 nitrogen and oxygen atoms in total. The molecule has 0 unspecified atom stereocenters. The Morgan fingerprint density at radius 1 is 1.47 bits per heavy atom. The summed E-state index contributed by atoms with van der Waals surface area (Å²) in [6.07, 6.45) is 1.68. The molecule has 0 aliphatic carbocycles. The minimum atomic E-state index is -0.435. The fraction of sp³-hybridized carbons (Fsp3) is 0.182. The van der Waals surface area contributed by atoms with Crippen LogP contribution in [0.2, 0.25) is 5.02 Å². The highest BCUT2D eigenvalue weighted by Gasteiger charge is 2.10. The topological polar surface area (TPSA) is 61.0 Å². The van der Waals surface area contributed by atoms with Crippen molar-refractivity contribution in [3.63, 3.8) is 0 Å². The van der Waals surface area contributed by atoms with Crippen molar-refractivity contribution >= 4 is 17.3 Å². The van der Waals surface area contributed by atoms with E-state index in [-0.39, 0.29) is 5.69 Å². The summed E-state index contributed by atoms with van der Waals surface area (Å²) in [5.41, 5.74) is 1.70. The van der Waals surface area contributed by atoms with Gasteiger partial charge in [-0.2, -0.15) is 5.10 Å². The van der Waals surface area contributed by atoms with Gasteiger partial charge in [0.25, 0.3) is 5.69 Å². The largest absolute Gasteiger partial charge is 0.269 e. The summed E-state index contributed by atoms with van der Waals surface area (Å²) in [7, 11) is 0. The number of aryl methyl sites for hydroxylation is 1. The van der Waals surface area contributed by atoms with Crippen LogP contribution in [-0.4, -0.2) is 14.7 Å². The first-order valence-corrected chi connectivity index (χ1v) is 5.37. The highest BCUT2D eigenvalue weighted by molar-refractivity contribution is 6.31. The number of rotatable bonds is 3. The number of benzene rings is 1. The van der Waals surface area contributed by atoms with Crippen LogP contribution in [0.5, 0.6) is 0 Å². The maximum Gasteiger partial charge on any atom is 0.269 e. The molecule has 2 aromatic rings. The molecule has 0 N–H and O–H groups in total. The van der Waals surface area contributed by atoms with E-state index in [4.69, 9.17) is 11.6 Å². The number of aromatic nitrogens is 2. The minimum absolute atomic E-state index is 0.0363. The van der Waals surface area contributed by atoms with Crippen molar-refractivity contribution in [2.24, 2.45) is 0 Å². The van der Waals surface area contributed by atoms with E-state index < -0.39 is 4.92 Å². The van der Waals surface area contributed by atoms with Crippen molar-refractivity contribution in [2.45, 2.75) is 13.5 Å². The molecule has 1 aromatic carbocycles. The summed E-state index contributed by atoms with van der Waals surface area (Å²) in [5, 5.41) is 15.3. The number of nitro groups is 1. The zero-order chi connectivity index (χ0) is 12.4. The molecule has 0 fully saturated rings. The van der Waals surface area contributed by atoms with Gasteiger partial charge in [-0.05, 0) is 24.6 Å². The monoisotopic (exact) mass is 251 g/mol. The molecule has 0 saturated heterocycles. The van der Waals surface area contributed by atoms with Gasteiger partial charge in [0, 0.05) is 29.0 Å². The van der Waals surface area contributed by atoms with Gasteiger partial charge in [-0.3, -0.25) is 14.8 Å². The van der Waals surface area contributed by atoms with Gasteiger partial charge in [-0.15, -0.1) is 0 Å². The minimum Gasteiger partial charge on any atom is -0.265 e. The highest BCUT2D eigenvalue weighted by atomic mass is 35.5. The predicted molar refractivity (Wildman–Crippen MR) is 64.2 cm³/mol. The lowest BCUT2D eigenvalue weighted by molar-refractivity contribution is -0.384. The average Bonchev–Trinajstić information content (AvgIpc) is 2.67. The summed E-state index contributed by atoms with van der Waals surface area (Å²) in [5.74, 6) is 0. The van der Waals surface area contributed by atoms with Gasteiger partial charge in [0.15, 0.2) is 0 Å². The van der Waals surface area contributed by atoms with Crippen molar-refractivity contribution < 1.29 is 4.92 Å². The molecule has 0 atom stereocenters. The van der Waals surface area contributed by atoms with Gasteiger partial charge in [-0.1, -0.05) is 11.6 Å². The Balaban J connectivity index is 2.35. The number of hydrogen-bond acceptors (Lipinski definition) is 3. The first-order chi connectivity index (χ1) is 8.08. The van der Waals surface area contributed by atoms with E-state index >= 15 is 0 Å². The standard InChI is InChI=1S/C11H10ClN3O2/c1-8-4-5-13-14(8)7-9-6-10(15(16)17)2-3-11(9)12/h2-6H,7H2,1H3. The molecule has 1 aromatic heterocycles. The van der Waals surface area contributed by atoms with Crippen molar-refractivity contribution in [3.05, 3.63) is 56.9 Å². The molecule has 88 valence electrons. The molecular formula is C11H10ClN3O2. The van der Waals surface area contributed by atoms with Crippen LogP contribution in [0.3, 0.4) is 0 Å². The van der Waals surface area contributed by atoms with E-state index in [1.807, 2.05) is 13.0 Å². The lowest BCUT2D eigenvalue weighted by Crippen LogP contribution is -2.04. The maximum atomic E-state index is 10.7. The van der Waals surface area contributed by atoms with E-state index in [2.05, 4.69) is 5.10 Å². The molecular weight excluding hydrogens is 242 g/mol. The van der Waals surface area contributed by atoms with Gasteiger partial charge < -0.3 is 0 Å². The summed E-state index contributed by atoms with van der Waals surface area (Å²) in [6.45, 7) is 2.34. The molecule has 2 rings (SSSR count). The second kappa shape index (κ2) is 4.55. The maximum absolute atomic E-state index is 10.7. The predicted octanol–water partition coefficient (Wildman–Crippen LogP) is 2.80. The molecule has 0 saturated carbocycles. The third-order valence-corrected chi connectivity index (χ3v) is 2.86. The Labute approximate surface area is 103 Å². The van der Waals surface area contributed by atoms with E-state index in [9.17, 15) is 10.1 Å². The van der Waals surface area contributed by atoms with Crippen LogP contribution in [0.25, 0.3) is 0 Å². The van der Waals surface area contributed by atoms with Gasteiger partial charge in [0.05, 0.1) is 11.5 Å². The molecule has 0 radical (unpaired) electrons. The molecule has 0 amide bonds. The second-order valence-corrected chi connectivity index (χ2v) is 4.07. The third-order valence-electron chi connectivity index (χ3n) is 2.49. The van der Waals surface area contributed by atoms with E-state index in [1.54, 1.807) is 10.9 Å². The number of hydrogen-bond donors (Lipinski definition) is 0. The van der Waals surface area contributed by atoms with E-state index in [0.717, 1.165) is 5.69 Å². The Kier molecular flexibility index (Phi) is 3.10. The van der Waals surface area contributed by atoms with Crippen molar-refractivity contribution in [2.75, 3.05) is 0 Å². The van der Waals surface area contributed by atoms with E-state index in [1.165, 1.54) is 18.2 Å². The van der Waals surface area contributed by atoms with Crippen LogP contribution in [0.4, 0.5) is 5.69 Å². The third kappa shape index (κ3) is 2.45. The molecule has 0 spiro atoms. The lowest BCUT2D eigenvalue weighted by atomic mass is 10.2. The summed E-state index contributed by atoms with van der Waals surface area (Å²) in [6, 6.07) is 6.27. The Hall–Kier alpha value is -1.88. The summed E-state index contributed by atoms with van der Waals surface area (Å²) >= 11 is 6.01. The molecule has 0 aliphatic rings. The Bertz CT molecular complexity index is 566. The number of halogens is 1. The average molecular weight is 252 g/mol. The van der Waals surface area contributed by atoms with Gasteiger partial charge in [0.1, 0.15) is 0 Å². The second-order valence-electron chi connectivity index (χ2n) is 3.66. The normalized spacial score (nSPS) is 10.5. The first-order valence-electron chi connectivity index (χ1n) is 4.99. The molecule has 0 aliphatic heterocycles. The van der Waals surface area contributed by atoms with Crippen molar-refractivity contribution in [3.8, 4) is 0 Å². The summed E-state index contributed by atoms with van der Waals surface area (Å²) in [4.78, 5) is 10.2. The Morgan fingerprint density at radius 3 is 2.82 bits per heavy atom. The van der Waals surface area contributed by atoms with Crippen LogP contribution in [0.1, 0.15) is 11.3 Å². The fourth-order valence-corrected chi connectivity index (χ4v) is 1.70. The summed E-state index contributed by atoms with van der Waals surface area (Å²) < 4.78 is 1.74. The van der Waals surface area contributed by atoms with Crippen LogP contribution in [-0.2, 0) is 6.54 Å². The van der Waals surface area contributed by atoms with Crippen LogP contribution in [0.15, 0.2) is 30.5 Å². The molecule has 1 heterocycles. The molecule has 6 heteroatoms. The van der Waals surface area contributed by atoms with Crippen molar-refractivity contribution in [1.29, 1.82) is 0 Å². The first kappa shape index (κ1) is 11.6. The zero-order valence-electron chi connectivity index (χ0n) is 9.13. The van der Waals surface area contributed by atoms with Crippen LogP contribution in [0, 0.1) is 17.0 Å². The quantitative estimate of drug-likeness (QED) is 0.622. The molecule has 0 bridgehead atoms. The van der Waals surface area contributed by atoms with Crippen LogP contribution >= 0.6 is 11.6 Å². The highest BCUT2D eigenvalue weighted by Crippen LogP contribution is 2.22. The SMILES string of the molecule is Cc1ccnn1Cc1cc([N+](=O)[O-])ccc1Cl. The van der Waals surface area contributed by atoms with Gasteiger partial charge >= 0.3 is 0 Å². The van der Waals surface area contributed by atoms with E-state index in [0.29, 0.717) is 17.1 Å². The molecule has 17 heavy (non-hydrogen) atoms. The lowest BCUT2D eigenvalue weighted by Gasteiger charge is -2.06. The number of nitro benzene ring substituents is 1. The van der Waals surface area contributed by atoms with Gasteiger partial charge in [0.2, 0.25) is 0 Å². The smallest absolute Gasteiger partial charge is 0.265 e. The van der Waals surface area contributed by atoms with Crippen molar-refractivity contribution in [1.82, 2.24) is 9.78 Å². The fourth-order valence-electron chi connectivity index (χ4n) is 1.52. The Morgan fingerprint density at radius 2 is 2.24 bits per heavy atom. The zero-order valence-corrected chi connectivity index (χ0v) is 9.89.